The van der Waals surface area contributed by atoms with Crippen molar-refractivity contribution in [1.29, 1.82) is 0 Å². The summed E-state index contributed by atoms with van der Waals surface area (Å²) < 4.78 is 5.03. The van der Waals surface area contributed by atoms with Crippen LogP contribution in [0.3, 0.4) is 0 Å². The first-order valence-electron chi connectivity index (χ1n) is 4.35. The van der Waals surface area contributed by atoms with Gasteiger partial charge < -0.3 is 10.2 Å². The molecule has 0 spiro atoms. The van der Waals surface area contributed by atoms with E-state index < -0.39 is 0 Å². The summed E-state index contributed by atoms with van der Waals surface area (Å²) in [5.41, 5.74) is 7.24. The fourth-order valence-corrected chi connectivity index (χ4v) is 4.20. The third kappa shape index (κ3) is 2.24. The van der Waals surface area contributed by atoms with Crippen molar-refractivity contribution in [3.05, 3.63) is 24.2 Å². The van der Waals surface area contributed by atoms with Gasteiger partial charge in [-0.05, 0) is 6.07 Å². The van der Waals surface area contributed by atoms with Gasteiger partial charge in [0.1, 0.15) is 0 Å². The monoisotopic (exact) mass is 215 g/mol. The molecule has 2 heterocycles. The van der Waals surface area contributed by atoms with Crippen molar-refractivity contribution in [2.24, 2.45) is 5.73 Å². The van der Waals surface area contributed by atoms with Crippen LogP contribution in [-0.2, 0) is 0 Å². The van der Waals surface area contributed by atoms with Crippen molar-refractivity contribution in [3.8, 4) is 0 Å². The Bertz CT molecular complexity index is 244. The van der Waals surface area contributed by atoms with Gasteiger partial charge in [0.25, 0.3) is 0 Å². The summed E-state index contributed by atoms with van der Waals surface area (Å²) in [6.07, 6.45) is 3.44. The second kappa shape index (κ2) is 4.44. The van der Waals surface area contributed by atoms with E-state index in [0.29, 0.717) is 5.25 Å². The molecule has 13 heavy (non-hydrogen) atoms. The normalized spacial score (nSPS) is 25.8. The minimum atomic E-state index is 0.136. The minimum Gasteiger partial charge on any atom is -0.472 e. The van der Waals surface area contributed by atoms with E-state index in [2.05, 4.69) is 0 Å². The van der Waals surface area contributed by atoms with Crippen LogP contribution in [0, 0.1) is 0 Å². The zero-order valence-corrected chi connectivity index (χ0v) is 8.94. The van der Waals surface area contributed by atoms with E-state index >= 15 is 0 Å². The zero-order valence-electron chi connectivity index (χ0n) is 7.31. The van der Waals surface area contributed by atoms with Crippen LogP contribution in [0.25, 0.3) is 0 Å². The number of hydrogen-bond acceptors (Lipinski definition) is 4. The Kier molecular flexibility index (Phi) is 3.24. The Morgan fingerprint density at radius 2 is 2.46 bits per heavy atom. The van der Waals surface area contributed by atoms with Crippen LogP contribution in [0.15, 0.2) is 23.0 Å². The van der Waals surface area contributed by atoms with Crippen molar-refractivity contribution >= 4 is 23.5 Å². The molecule has 1 saturated heterocycles. The fraction of sp³-hybridized carbons (Fsp3) is 0.556. The van der Waals surface area contributed by atoms with Gasteiger partial charge in [-0.2, -0.15) is 23.5 Å². The van der Waals surface area contributed by atoms with E-state index in [1.807, 2.05) is 29.6 Å². The topological polar surface area (TPSA) is 39.2 Å². The number of thioether (sulfide) groups is 2. The molecule has 0 saturated carbocycles. The number of rotatable bonds is 2. The van der Waals surface area contributed by atoms with Crippen molar-refractivity contribution in [2.75, 3.05) is 17.3 Å². The molecule has 1 fully saturated rings. The quantitative estimate of drug-likeness (QED) is 0.820. The molecule has 2 atom stereocenters. The van der Waals surface area contributed by atoms with Crippen LogP contribution in [-0.4, -0.2) is 22.5 Å². The van der Waals surface area contributed by atoms with E-state index in [-0.39, 0.29) is 6.04 Å². The lowest BCUT2D eigenvalue weighted by molar-refractivity contribution is 0.558. The van der Waals surface area contributed by atoms with Gasteiger partial charge in [0.05, 0.1) is 12.5 Å². The summed E-state index contributed by atoms with van der Waals surface area (Å²) in [6.45, 7) is 0. The van der Waals surface area contributed by atoms with Gasteiger partial charge in [0, 0.05) is 34.1 Å². The molecule has 0 amide bonds. The predicted octanol–water partition coefficient (Wildman–Crippen LogP) is 2.13. The average molecular weight is 215 g/mol. The first kappa shape index (κ1) is 9.49. The molecule has 0 aliphatic carbocycles. The Balaban J connectivity index is 1.99. The smallest absolute Gasteiger partial charge is 0.0950 e. The van der Waals surface area contributed by atoms with Crippen molar-refractivity contribution in [3.63, 3.8) is 0 Å². The molecule has 1 aromatic heterocycles. The SMILES string of the molecule is NC(c1ccoc1)C1CSCCS1. The molecule has 4 heteroatoms. The Hall–Kier alpha value is -0.0600. The number of furan rings is 1. The van der Waals surface area contributed by atoms with E-state index in [0.717, 1.165) is 11.3 Å². The summed E-state index contributed by atoms with van der Waals surface area (Å²) in [5.74, 6) is 3.65. The summed E-state index contributed by atoms with van der Waals surface area (Å²) in [6, 6.07) is 2.10. The molecule has 2 nitrogen and oxygen atoms in total. The van der Waals surface area contributed by atoms with Gasteiger partial charge in [-0.15, -0.1) is 0 Å². The fourth-order valence-electron chi connectivity index (χ4n) is 1.39. The molecule has 1 aliphatic rings. The first-order valence-corrected chi connectivity index (χ1v) is 6.55. The molecule has 2 N–H and O–H groups in total. The Morgan fingerprint density at radius 1 is 1.54 bits per heavy atom. The second-order valence-electron chi connectivity index (χ2n) is 3.07. The van der Waals surface area contributed by atoms with Gasteiger partial charge in [0.2, 0.25) is 0 Å². The summed E-state index contributed by atoms with van der Waals surface area (Å²) in [4.78, 5) is 0. The number of nitrogens with two attached hydrogens (primary N) is 1. The second-order valence-corrected chi connectivity index (χ2v) is 5.56. The van der Waals surface area contributed by atoms with Crippen LogP contribution < -0.4 is 5.73 Å². The molecule has 2 unspecified atom stereocenters. The maximum absolute atomic E-state index is 6.12. The molecule has 0 bridgehead atoms. The first-order chi connectivity index (χ1) is 6.38. The molecule has 1 aliphatic heterocycles. The minimum absolute atomic E-state index is 0.136. The van der Waals surface area contributed by atoms with Gasteiger partial charge >= 0.3 is 0 Å². The van der Waals surface area contributed by atoms with Crippen molar-refractivity contribution in [2.45, 2.75) is 11.3 Å². The van der Waals surface area contributed by atoms with Gasteiger partial charge in [-0.3, -0.25) is 0 Å². The highest BCUT2D eigenvalue weighted by molar-refractivity contribution is 8.06. The maximum Gasteiger partial charge on any atom is 0.0950 e. The van der Waals surface area contributed by atoms with E-state index in [1.165, 1.54) is 11.5 Å². The summed E-state index contributed by atoms with van der Waals surface area (Å²) in [5, 5.41) is 0.552. The van der Waals surface area contributed by atoms with E-state index in [9.17, 15) is 0 Å². The van der Waals surface area contributed by atoms with E-state index in [4.69, 9.17) is 10.2 Å². The Morgan fingerprint density at radius 3 is 3.08 bits per heavy atom. The lowest BCUT2D eigenvalue weighted by atomic mass is 10.1. The molecular formula is C9H13NOS2. The predicted molar refractivity (Wildman–Crippen MR) is 59.2 cm³/mol. The van der Waals surface area contributed by atoms with Gasteiger partial charge in [-0.25, -0.2) is 0 Å². The van der Waals surface area contributed by atoms with Crippen LogP contribution in [0.5, 0.6) is 0 Å². The standard InChI is InChI=1S/C9H13NOS2/c10-9(7-1-2-11-5-7)8-6-12-3-4-13-8/h1-2,5,8-9H,3-4,6,10H2. The van der Waals surface area contributed by atoms with Gasteiger partial charge in [-0.1, -0.05) is 0 Å². The van der Waals surface area contributed by atoms with Crippen molar-refractivity contribution in [1.82, 2.24) is 0 Å². The molecular weight excluding hydrogens is 202 g/mol. The van der Waals surface area contributed by atoms with Crippen LogP contribution in [0.4, 0.5) is 0 Å². The largest absolute Gasteiger partial charge is 0.472 e. The number of hydrogen-bond donors (Lipinski definition) is 1. The lowest BCUT2D eigenvalue weighted by Gasteiger charge is -2.25. The maximum atomic E-state index is 6.12. The third-order valence-corrected chi connectivity index (χ3v) is 5.06. The molecule has 1 aromatic rings. The van der Waals surface area contributed by atoms with Crippen LogP contribution in [0.2, 0.25) is 0 Å². The zero-order chi connectivity index (χ0) is 9.10. The Labute approximate surface area is 86.6 Å². The van der Waals surface area contributed by atoms with Crippen LogP contribution in [0.1, 0.15) is 11.6 Å². The third-order valence-electron chi connectivity index (χ3n) is 2.17. The van der Waals surface area contributed by atoms with Gasteiger partial charge in [0.15, 0.2) is 0 Å². The molecule has 0 radical (unpaired) electrons. The molecule has 72 valence electrons. The summed E-state index contributed by atoms with van der Waals surface area (Å²) >= 11 is 3.98. The highest BCUT2D eigenvalue weighted by atomic mass is 32.2. The van der Waals surface area contributed by atoms with Crippen molar-refractivity contribution < 1.29 is 4.42 Å². The van der Waals surface area contributed by atoms with Crippen LogP contribution >= 0.6 is 23.5 Å². The average Bonchev–Trinajstić information content (AvgIpc) is 2.71. The van der Waals surface area contributed by atoms with E-state index in [1.54, 1.807) is 12.5 Å². The molecule has 2 rings (SSSR count). The molecule has 0 aromatic carbocycles. The highest BCUT2D eigenvalue weighted by Gasteiger charge is 2.23. The lowest BCUT2D eigenvalue weighted by Crippen LogP contribution is -2.28. The highest BCUT2D eigenvalue weighted by Crippen LogP contribution is 2.32. The summed E-state index contributed by atoms with van der Waals surface area (Å²) in [7, 11) is 0.